The molecule has 0 atom stereocenters. The number of halogens is 2. The van der Waals surface area contributed by atoms with E-state index >= 15 is 0 Å². The minimum Gasteiger partial charge on any atom is -0.305 e. The zero-order valence-electron chi connectivity index (χ0n) is 11.2. The van der Waals surface area contributed by atoms with Gasteiger partial charge in [-0.15, -0.1) is 0 Å². The van der Waals surface area contributed by atoms with Crippen LogP contribution in [0.15, 0.2) is 59.1 Å². The van der Waals surface area contributed by atoms with Gasteiger partial charge in [-0.25, -0.2) is 0 Å². The van der Waals surface area contributed by atoms with Crippen molar-refractivity contribution in [3.63, 3.8) is 0 Å². The van der Waals surface area contributed by atoms with Crippen LogP contribution in [0.2, 0.25) is 0 Å². The predicted octanol–water partition coefficient (Wildman–Crippen LogP) is 4.49. The van der Waals surface area contributed by atoms with Gasteiger partial charge >= 0.3 is 0 Å². The molecule has 0 spiro atoms. The van der Waals surface area contributed by atoms with Crippen LogP contribution in [0.4, 0.5) is 0 Å². The lowest BCUT2D eigenvalue weighted by Gasteiger charge is -2.18. The Bertz CT molecular complexity index is 706. The predicted molar refractivity (Wildman–Crippen MR) is 86.3 cm³/mol. The molecule has 1 aliphatic rings. The monoisotopic (exact) mass is 317 g/mol. The van der Waals surface area contributed by atoms with Crippen LogP contribution in [-0.4, -0.2) is 17.4 Å². The van der Waals surface area contributed by atoms with Crippen LogP contribution < -0.4 is 0 Å². The van der Waals surface area contributed by atoms with E-state index in [0.29, 0.717) is 17.8 Å². The number of nitrogens with zero attached hydrogens (tertiary/aromatic N) is 1. The van der Waals surface area contributed by atoms with Crippen LogP contribution >= 0.6 is 23.2 Å². The number of amides is 1. The smallest absolute Gasteiger partial charge is 0.259 e. The lowest BCUT2D eigenvalue weighted by molar-refractivity contribution is 0.0851. The molecule has 2 aromatic rings. The summed E-state index contributed by atoms with van der Waals surface area (Å²) < 4.78 is 0.126. The zero-order valence-corrected chi connectivity index (χ0v) is 12.7. The Morgan fingerprint density at radius 3 is 2.19 bits per heavy atom. The average Bonchev–Trinajstić information content (AvgIpc) is 2.79. The molecule has 21 heavy (non-hydrogen) atoms. The summed E-state index contributed by atoms with van der Waals surface area (Å²) in [6, 6.07) is 17.4. The van der Waals surface area contributed by atoms with Crippen molar-refractivity contribution in [3.05, 3.63) is 75.8 Å². The fourth-order valence-electron chi connectivity index (χ4n) is 2.57. The van der Waals surface area contributed by atoms with Crippen LogP contribution in [-0.2, 0) is 6.42 Å². The van der Waals surface area contributed by atoms with Gasteiger partial charge in [0.15, 0.2) is 0 Å². The largest absolute Gasteiger partial charge is 0.305 e. The topological polar surface area (TPSA) is 20.3 Å². The molecule has 0 saturated heterocycles. The second-order valence-corrected chi connectivity index (χ2v) is 5.80. The van der Waals surface area contributed by atoms with Gasteiger partial charge in [-0.2, -0.15) is 0 Å². The quantitative estimate of drug-likeness (QED) is 0.816. The Morgan fingerprint density at radius 2 is 1.52 bits per heavy atom. The molecule has 1 heterocycles. The number of rotatable bonds is 3. The standard InChI is InChI=1S/C17H13Cl2NO/c18-16(19)15-13-8-4-5-9-14(13)17(21)20(15)11-10-12-6-2-1-3-7-12/h1-9H,10-11H2. The van der Waals surface area contributed by atoms with Crippen LogP contribution in [0.1, 0.15) is 21.5 Å². The van der Waals surface area contributed by atoms with Gasteiger partial charge in [0.25, 0.3) is 5.91 Å². The van der Waals surface area contributed by atoms with Crippen molar-refractivity contribution in [2.75, 3.05) is 6.54 Å². The molecule has 106 valence electrons. The van der Waals surface area contributed by atoms with Gasteiger partial charge in [-0.3, -0.25) is 4.79 Å². The third-order valence-electron chi connectivity index (χ3n) is 3.57. The lowest BCUT2D eigenvalue weighted by atomic mass is 10.1. The van der Waals surface area contributed by atoms with Crippen LogP contribution in [0.5, 0.6) is 0 Å². The Morgan fingerprint density at radius 1 is 0.905 bits per heavy atom. The number of fused-ring (bicyclic) bond motifs is 1. The fraction of sp³-hybridized carbons (Fsp3) is 0.118. The molecule has 1 aliphatic heterocycles. The van der Waals surface area contributed by atoms with Crippen molar-refractivity contribution < 1.29 is 4.79 Å². The number of benzene rings is 2. The van der Waals surface area contributed by atoms with E-state index in [1.807, 2.05) is 48.5 Å². The van der Waals surface area contributed by atoms with Crippen molar-refractivity contribution >= 4 is 34.8 Å². The van der Waals surface area contributed by atoms with E-state index in [0.717, 1.165) is 12.0 Å². The third kappa shape index (κ3) is 2.69. The lowest BCUT2D eigenvalue weighted by Crippen LogP contribution is -2.25. The molecule has 0 bridgehead atoms. The highest BCUT2D eigenvalue weighted by Gasteiger charge is 2.33. The summed E-state index contributed by atoms with van der Waals surface area (Å²) in [6.07, 6.45) is 0.755. The molecule has 1 amide bonds. The van der Waals surface area contributed by atoms with Gasteiger partial charge in [0, 0.05) is 17.7 Å². The first-order chi connectivity index (χ1) is 10.2. The Balaban J connectivity index is 1.89. The molecule has 0 unspecified atom stereocenters. The number of hydrogen-bond donors (Lipinski definition) is 0. The molecular formula is C17H13Cl2NO. The minimum absolute atomic E-state index is 0.0460. The molecule has 0 saturated carbocycles. The normalized spacial score (nSPS) is 13.5. The van der Waals surface area contributed by atoms with Crippen LogP contribution in [0.3, 0.4) is 0 Å². The SMILES string of the molecule is O=C1c2ccccc2C(=C(Cl)Cl)N1CCc1ccccc1. The third-order valence-corrected chi connectivity index (χ3v) is 3.93. The van der Waals surface area contributed by atoms with E-state index in [-0.39, 0.29) is 10.4 Å². The molecular weight excluding hydrogens is 305 g/mol. The second kappa shape index (κ2) is 5.92. The molecule has 2 aromatic carbocycles. The van der Waals surface area contributed by atoms with Gasteiger partial charge < -0.3 is 4.90 Å². The Hall–Kier alpha value is -1.77. The highest BCUT2D eigenvalue weighted by atomic mass is 35.5. The molecule has 0 radical (unpaired) electrons. The first-order valence-corrected chi connectivity index (χ1v) is 7.44. The maximum atomic E-state index is 12.5. The zero-order chi connectivity index (χ0) is 14.8. The van der Waals surface area contributed by atoms with Crippen LogP contribution in [0.25, 0.3) is 5.70 Å². The van der Waals surface area contributed by atoms with E-state index in [9.17, 15) is 4.79 Å². The number of carbonyl (C=O) groups is 1. The van der Waals surface area contributed by atoms with Gasteiger partial charge in [-0.05, 0) is 18.1 Å². The Labute approximate surface area is 133 Å². The van der Waals surface area contributed by atoms with Crippen LogP contribution in [0, 0.1) is 0 Å². The summed E-state index contributed by atoms with van der Waals surface area (Å²) >= 11 is 12.0. The summed E-state index contributed by atoms with van der Waals surface area (Å²) in [4.78, 5) is 14.2. The minimum atomic E-state index is -0.0460. The fourth-order valence-corrected chi connectivity index (χ4v) is 2.98. The van der Waals surface area contributed by atoms with Gasteiger partial charge in [-0.1, -0.05) is 71.7 Å². The van der Waals surface area contributed by atoms with E-state index in [1.165, 1.54) is 5.56 Å². The number of hydrogen-bond acceptors (Lipinski definition) is 1. The van der Waals surface area contributed by atoms with E-state index in [2.05, 4.69) is 0 Å². The first-order valence-electron chi connectivity index (χ1n) is 6.69. The van der Waals surface area contributed by atoms with Crippen molar-refractivity contribution in [2.45, 2.75) is 6.42 Å². The summed E-state index contributed by atoms with van der Waals surface area (Å²) in [6.45, 7) is 0.551. The molecule has 2 nitrogen and oxygen atoms in total. The van der Waals surface area contributed by atoms with E-state index in [4.69, 9.17) is 23.2 Å². The van der Waals surface area contributed by atoms with E-state index in [1.54, 1.807) is 11.0 Å². The second-order valence-electron chi connectivity index (χ2n) is 4.85. The molecule has 0 N–H and O–H groups in total. The average molecular weight is 318 g/mol. The molecule has 0 aromatic heterocycles. The molecule has 0 fully saturated rings. The summed E-state index contributed by atoms with van der Waals surface area (Å²) in [5, 5.41) is 0. The highest BCUT2D eigenvalue weighted by Crippen LogP contribution is 2.37. The van der Waals surface area contributed by atoms with E-state index < -0.39 is 0 Å². The van der Waals surface area contributed by atoms with Crippen molar-refractivity contribution in [2.24, 2.45) is 0 Å². The summed E-state index contributed by atoms with van der Waals surface area (Å²) in [7, 11) is 0. The molecule has 0 aliphatic carbocycles. The van der Waals surface area contributed by atoms with Crippen molar-refractivity contribution in [1.29, 1.82) is 0 Å². The summed E-state index contributed by atoms with van der Waals surface area (Å²) in [5.41, 5.74) is 3.23. The number of carbonyl (C=O) groups excluding carboxylic acids is 1. The van der Waals surface area contributed by atoms with Crippen molar-refractivity contribution in [1.82, 2.24) is 4.90 Å². The van der Waals surface area contributed by atoms with Gasteiger partial charge in [0.05, 0.1) is 5.70 Å². The Kier molecular flexibility index (Phi) is 4.00. The maximum absolute atomic E-state index is 12.5. The first kappa shape index (κ1) is 14.2. The van der Waals surface area contributed by atoms with Gasteiger partial charge in [0.1, 0.15) is 4.49 Å². The van der Waals surface area contributed by atoms with Gasteiger partial charge in [0.2, 0.25) is 0 Å². The molecule has 3 rings (SSSR count). The molecule has 4 heteroatoms. The maximum Gasteiger partial charge on any atom is 0.259 e. The summed E-state index contributed by atoms with van der Waals surface area (Å²) in [5.74, 6) is -0.0460. The van der Waals surface area contributed by atoms with Crippen molar-refractivity contribution in [3.8, 4) is 0 Å². The highest BCUT2D eigenvalue weighted by molar-refractivity contribution is 6.58.